The van der Waals surface area contributed by atoms with E-state index in [1.54, 1.807) is 42.5 Å². The molecule has 3 amide bonds. The molecule has 0 saturated carbocycles. The van der Waals surface area contributed by atoms with Crippen molar-refractivity contribution >= 4 is 34.7 Å². The summed E-state index contributed by atoms with van der Waals surface area (Å²) in [6, 6.07) is 12.0. The zero-order chi connectivity index (χ0) is 22.0. The highest BCUT2D eigenvalue weighted by atomic mass is 16.6. The SMILES string of the molecule is C=CCN1C(=O)C(Nc2ccc3c(c2)OCCO3)=C(c2ccc(NC(C)=O)cc2)C1=O. The number of amides is 3. The van der Waals surface area contributed by atoms with Crippen LogP contribution in [0.15, 0.2) is 60.8 Å². The second-order valence-electron chi connectivity index (χ2n) is 7.00. The van der Waals surface area contributed by atoms with Crippen LogP contribution in [0, 0.1) is 0 Å². The lowest BCUT2D eigenvalue weighted by molar-refractivity contribution is -0.136. The monoisotopic (exact) mass is 419 g/mol. The minimum atomic E-state index is -0.444. The Kier molecular flexibility index (Phi) is 5.44. The normalized spacial score (nSPS) is 15.2. The molecular weight excluding hydrogens is 398 g/mol. The zero-order valence-electron chi connectivity index (χ0n) is 16.9. The Morgan fingerprint density at radius 1 is 1.03 bits per heavy atom. The first kappa shape index (κ1) is 20.2. The molecule has 8 heteroatoms. The van der Waals surface area contributed by atoms with E-state index in [0.29, 0.717) is 41.7 Å². The van der Waals surface area contributed by atoms with Gasteiger partial charge in [0.25, 0.3) is 11.8 Å². The van der Waals surface area contributed by atoms with Crippen LogP contribution in [0.4, 0.5) is 11.4 Å². The molecule has 2 aliphatic heterocycles. The Morgan fingerprint density at radius 3 is 2.39 bits per heavy atom. The van der Waals surface area contributed by atoms with Crippen LogP contribution in [-0.4, -0.2) is 42.4 Å². The van der Waals surface area contributed by atoms with Crippen LogP contribution in [0.5, 0.6) is 11.5 Å². The number of fused-ring (bicyclic) bond motifs is 1. The van der Waals surface area contributed by atoms with Gasteiger partial charge in [-0.3, -0.25) is 19.3 Å². The zero-order valence-corrected chi connectivity index (χ0v) is 16.9. The maximum Gasteiger partial charge on any atom is 0.278 e. The van der Waals surface area contributed by atoms with Crippen molar-refractivity contribution in [3.8, 4) is 11.5 Å². The number of ether oxygens (including phenoxy) is 2. The Balaban J connectivity index is 1.71. The fraction of sp³-hybridized carbons (Fsp3) is 0.174. The molecule has 4 rings (SSSR count). The van der Waals surface area contributed by atoms with E-state index in [-0.39, 0.29) is 23.7 Å². The van der Waals surface area contributed by atoms with Gasteiger partial charge in [0.05, 0.1) is 5.57 Å². The van der Waals surface area contributed by atoms with E-state index in [1.807, 2.05) is 0 Å². The molecule has 158 valence electrons. The van der Waals surface area contributed by atoms with E-state index in [1.165, 1.54) is 13.0 Å². The summed E-state index contributed by atoms with van der Waals surface area (Å²) >= 11 is 0. The molecule has 31 heavy (non-hydrogen) atoms. The van der Waals surface area contributed by atoms with Crippen molar-refractivity contribution in [2.75, 3.05) is 30.4 Å². The first-order valence-electron chi connectivity index (χ1n) is 9.74. The van der Waals surface area contributed by atoms with E-state index in [0.717, 1.165) is 4.90 Å². The van der Waals surface area contributed by atoms with E-state index in [4.69, 9.17) is 9.47 Å². The topological polar surface area (TPSA) is 97.0 Å². The van der Waals surface area contributed by atoms with Gasteiger partial charge in [0, 0.05) is 30.9 Å². The number of anilines is 2. The van der Waals surface area contributed by atoms with Gasteiger partial charge in [-0.1, -0.05) is 18.2 Å². The smallest absolute Gasteiger partial charge is 0.278 e. The Hall–Kier alpha value is -4.07. The van der Waals surface area contributed by atoms with Crippen LogP contribution in [-0.2, 0) is 14.4 Å². The third-order valence-corrected chi connectivity index (χ3v) is 4.79. The minimum Gasteiger partial charge on any atom is -0.486 e. The average molecular weight is 419 g/mol. The summed E-state index contributed by atoms with van der Waals surface area (Å²) in [6.07, 6.45) is 1.50. The highest BCUT2D eigenvalue weighted by Crippen LogP contribution is 2.35. The van der Waals surface area contributed by atoms with E-state index in [2.05, 4.69) is 17.2 Å². The van der Waals surface area contributed by atoms with Gasteiger partial charge in [0.2, 0.25) is 5.91 Å². The number of hydrogen-bond donors (Lipinski definition) is 2. The number of rotatable bonds is 6. The molecule has 0 bridgehead atoms. The summed E-state index contributed by atoms with van der Waals surface area (Å²) in [4.78, 5) is 38.5. The first-order valence-corrected chi connectivity index (χ1v) is 9.74. The van der Waals surface area contributed by atoms with Gasteiger partial charge in [-0.2, -0.15) is 0 Å². The molecule has 0 spiro atoms. The minimum absolute atomic E-state index is 0.0947. The third-order valence-electron chi connectivity index (χ3n) is 4.79. The second-order valence-corrected chi connectivity index (χ2v) is 7.00. The molecule has 0 aliphatic carbocycles. The summed E-state index contributed by atoms with van der Waals surface area (Å²) in [5.74, 6) is 0.134. The van der Waals surface area contributed by atoms with Gasteiger partial charge in [0.15, 0.2) is 11.5 Å². The molecule has 0 radical (unpaired) electrons. The Bertz CT molecular complexity index is 1100. The highest BCUT2D eigenvalue weighted by Gasteiger charge is 2.38. The van der Waals surface area contributed by atoms with Crippen LogP contribution in [0.2, 0.25) is 0 Å². The fourth-order valence-electron chi connectivity index (χ4n) is 3.44. The van der Waals surface area contributed by atoms with Gasteiger partial charge < -0.3 is 20.1 Å². The summed E-state index contributed by atoms with van der Waals surface area (Å²) in [7, 11) is 0. The first-order chi connectivity index (χ1) is 15.0. The van der Waals surface area contributed by atoms with Crippen LogP contribution in [0.25, 0.3) is 5.57 Å². The van der Waals surface area contributed by atoms with Gasteiger partial charge >= 0.3 is 0 Å². The van der Waals surface area contributed by atoms with Crippen LogP contribution in [0.1, 0.15) is 12.5 Å². The maximum atomic E-state index is 13.0. The van der Waals surface area contributed by atoms with Crippen LogP contribution < -0.4 is 20.1 Å². The number of imide groups is 1. The van der Waals surface area contributed by atoms with Crippen molar-refractivity contribution in [2.45, 2.75) is 6.92 Å². The number of nitrogens with zero attached hydrogens (tertiary/aromatic N) is 1. The summed E-state index contributed by atoms with van der Waals surface area (Å²) in [5, 5.41) is 5.76. The molecule has 2 heterocycles. The van der Waals surface area contributed by atoms with Gasteiger partial charge in [-0.15, -0.1) is 6.58 Å². The highest BCUT2D eigenvalue weighted by molar-refractivity contribution is 6.36. The van der Waals surface area contributed by atoms with E-state index in [9.17, 15) is 14.4 Å². The lowest BCUT2D eigenvalue weighted by Gasteiger charge is -2.19. The number of carbonyl (C=O) groups excluding carboxylic acids is 3. The number of carbonyl (C=O) groups is 3. The Labute approximate surface area is 179 Å². The predicted molar refractivity (Wildman–Crippen MR) is 116 cm³/mol. The average Bonchev–Trinajstić information content (AvgIpc) is 2.98. The molecule has 0 fully saturated rings. The van der Waals surface area contributed by atoms with Crippen molar-refractivity contribution in [2.24, 2.45) is 0 Å². The fourth-order valence-corrected chi connectivity index (χ4v) is 3.44. The standard InChI is InChI=1S/C23H21N3O5/c1-3-10-26-22(28)20(15-4-6-16(7-5-15)24-14(2)27)21(23(26)29)25-17-8-9-18-19(13-17)31-12-11-30-18/h3-9,13,25H,1,10-12H2,2H3,(H,24,27). The maximum absolute atomic E-state index is 13.0. The molecule has 2 aromatic rings. The largest absolute Gasteiger partial charge is 0.486 e. The molecule has 0 aromatic heterocycles. The van der Waals surface area contributed by atoms with E-state index >= 15 is 0 Å². The summed E-state index contributed by atoms with van der Waals surface area (Å²) < 4.78 is 11.1. The second kappa shape index (κ2) is 8.35. The van der Waals surface area contributed by atoms with E-state index < -0.39 is 11.8 Å². The summed E-state index contributed by atoms with van der Waals surface area (Å²) in [6.45, 7) is 6.06. The van der Waals surface area contributed by atoms with Gasteiger partial charge in [-0.25, -0.2) is 0 Å². The molecule has 8 nitrogen and oxygen atoms in total. The number of hydrogen-bond acceptors (Lipinski definition) is 6. The number of nitrogens with one attached hydrogen (secondary N) is 2. The van der Waals surface area contributed by atoms with Crippen molar-refractivity contribution < 1.29 is 23.9 Å². The molecular formula is C23H21N3O5. The predicted octanol–water partition coefficient (Wildman–Crippen LogP) is 2.79. The molecule has 0 atom stereocenters. The molecule has 2 N–H and O–H groups in total. The number of benzene rings is 2. The Morgan fingerprint density at radius 2 is 1.71 bits per heavy atom. The van der Waals surface area contributed by atoms with Crippen molar-refractivity contribution in [1.82, 2.24) is 4.90 Å². The quantitative estimate of drug-likeness (QED) is 0.552. The van der Waals surface area contributed by atoms with Crippen molar-refractivity contribution in [3.63, 3.8) is 0 Å². The molecule has 2 aliphatic rings. The molecule has 0 unspecified atom stereocenters. The van der Waals surface area contributed by atoms with Crippen LogP contribution >= 0.6 is 0 Å². The van der Waals surface area contributed by atoms with Crippen molar-refractivity contribution in [3.05, 3.63) is 66.4 Å². The summed E-state index contributed by atoms with van der Waals surface area (Å²) in [5.41, 5.74) is 2.15. The van der Waals surface area contributed by atoms with Crippen LogP contribution in [0.3, 0.4) is 0 Å². The molecule has 2 aromatic carbocycles. The molecule has 0 saturated heterocycles. The lowest BCUT2D eigenvalue weighted by Crippen LogP contribution is -2.32. The van der Waals surface area contributed by atoms with Gasteiger partial charge in [-0.05, 0) is 29.8 Å². The lowest BCUT2D eigenvalue weighted by atomic mass is 10.0. The van der Waals surface area contributed by atoms with Gasteiger partial charge in [0.1, 0.15) is 18.9 Å². The van der Waals surface area contributed by atoms with Crippen molar-refractivity contribution in [1.29, 1.82) is 0 Å². The third kappa shape index (κ3) is 4.00.